The van der Waals surface area contributed by atoms with E-state index >= 15 is 0 Å². The normalized spacial score (nSPS) is 16.4. The largest absolute Gasteiger partial charge is 0.478 e. The lowest BCUT2D eigenvalue weighted by Gasteiger charge is -2.24. The number of aliphatic hydroxyl groups is 1. The lowest BCUT2D eigenvalue weighted by atomic mass is 9.96. The van der Waals surface area contributed by atoms with E-state index in [0.717, 1.165) is 0 Å². The molecular weight excluding hydrogens is 232 g/mol. The molecule has 0 aliphatic carbocycles. The Morgan fingerprint density at radius 1 is 1.06 bits per heavy atom. The summed E-state index contributed by atoms with van der Waals surface area (Å²) in [6.45, 7) is 0. The monoisotopic (exact) mass is 242 g/mol. The third-order valence-corrected chi connectivity index (χ3v) is 2.99. The Hall–Kier alpha value is -2.33. The van der Waals surface area contributed by atoms with Crippen LogP contribution in [0.4, 0.5) is 0 Å². The van der Waals surface area contributed by atoms with E-state index in [0.29, 0.717) is 22.6 Å². The highest BCUT2D eigenvalue weighted by Gasteiger charge is 2.25. The number of carbonyl (C=O) groups is 1. The molecule has 1 atom stereocenters. The first-order chi connectivity index (χ1) is 8.66. The van der Waals surface area contributed by atoms with Crippen LogP contribution in [0.3, 0.4) is 0 Å². The van der Waals surface area contributed by atoms with Gasteiger partial charge in [-0.2, -0.15) is 0 Å². The second-order valence-electron chi connectivity index (χ2n) is 4.10. The van der Waals surface area contributed by atoms with Gasteiger partial charge >= 0.3 is 5.97 Å². The minimum atomic E-state index is -1.02. The predicted octanol–water partition coefficient (Wildman–Crippen LogP) is 2.57. The number of carboxylic acid groups (broad SMARTS) is 1. The lowest BCUT2D eigenvalue weighted by Crippen LogP contribution is -2.10. The summed E-state index contributed by atoms with van der Waals surface area (Å²) >= 11 is 0. The molecule has 4 nitrogen and oxygen atoms in total. The first kappa shape index (κ1) is 10.8. The molecule has 1 unspecified atom stereocenters. The Bertz CT molecular complexity index is 633. The number of benzene rings is 2. The van der Waals surface area contributed by atoms with E-state index in [-0.39, 0.29) is 5.56 Å². The van der Waals surface area contributed by atoms with Crippen LogP contribution in [0, 0.1) is 0 Å². The van der Waals surface area contributed by atoms with E-state index in [4.69, 9.17) is 9.84 Å². The van der Waals surface area contributed by atoms with E-state index in [9.17, 15) is 9.90 Å². The zero-order chi connectivity index (χ0) is 12.7. The number of hydrogen-bond acceptors (Lipinski definition) is 3. The highest BCUT2D eigenvalue weighted by atomic mass is 16.5. The van der Waals surface area contributed by atoms with Crippen LogP contribution in [0.1, 0.15) is 27.6 Å². The summed E-state index contributed by atoms with van der Waals surface area (Å²) in [4.78, 5) is 10.9. The summed E-state index contributed by atoms with van der Waals surface area (Å²) in [6.07, 6.45) is -0.784. The van der Waals surface area contributed by atoms with Crippen molar-refractivity contribution in [3.05, 3.63) is 59.2 Å². The van der Waals surface area contributed by atoms with Crippen molar-refractivity contribution in [2.45, 2.75) is 6.10 Å². The summed E-state index contributed by atoms with van der Waals surface area (Å²) in [5, 5.41) is 19.1. The maximum atomic E-state index is 10.9. The molecule has 1 aliphatic rings. The Kier molecular flexibility index (Phi) is 2.31. The van der Waals surface area contributed by atoms with Gasteiger partial charge in [-0.05, 0) is 18.2 Å². The predicted molar refractivity (Wildman–Crippen MR) is 64.0 cm³/mol. The number of ether oxygens (including phenoxy) is 1. The molecule has 2 aromatic rings. The smallest absolute Gasteiger partial charge is 0.335 e. The first-order valence-electron chi connectivity index (χ1n) is 5.49. The average Bonchev–Trinajstić information content (AvgIpc) is 2.38. The fourth-order valence-electron chi connectivity index (χ4n) is 2.07. The maximum Gasteiger partial charge on any atom is 0.335 e. The van der Waals surface area contributed by atoms with Gasteiger partial charge in [0.25, 0.3) is 0 Å². The summed E-state index contributed by atoms with van der Waals surface area (Å²) in [5.41, 5.74) is 1.41. The van der Waals surface area contributed by atoms with Crippen LogP contribution < -0.4 is 4.74 Å². The highest BCUT2D eigenvalue weighted by molar-refractivity contribution is 5.88. The molecule has 0 bridgehead atoms. The second-order valence-corrected chi connectivity index (χ2v) is 4.10. The molecule has 0 aromatic heterocycles. The van der Waals surface area contributed by atoms with Crippen molar-refractivity contribution < 1.29 is 19.7 Å². The minimum Gasteiger partial charge on any atom is -0.478 e. The van der Waals surface area contributed by atoms with Crippen LogP contribution in [0.2, 0.25) is 0 Å². The van der Waals surface area contributed by atoms with Crippen LogP contribution >= 0.6 is 0 Å². The quantitative estimate of drug-likeness (QED) is 0.806. The Morgan fingerprint density at radius 3 is 2.56 bits per heavy atom. The molecule has 0 radical (unpaired) electrons. The van der Waals surface area contributed by atoms with Gasteiger partial charge in [-0.3, -0.25) is 0 Å². The molecule has 0 spiro atoms. The molecule has 4 heteroatoms. The van der Waals surface area contributed by atoms with Crippen LogP contribution in [0.25, 0.3) is 0 Å². The molecule has 3 rings (SSSR count). The summed E-state index contributed by atoms with van der Waals surface area (Å²) in [6, 6.07) is 11.6. The molecule has 1 heterocycles. The third-order valence-electron chi connectivity index (χ3n) is 2.99. The van der Waals surface area contributed by atoms with E-state index in [1.165, 1.54) is 12.1 Å². The van der Waals surface area contributed by atoms with Crippen molar-refractivity contribution in [1.29, 1.82) is 0 Å². The van der Waals surface area contributed by atoms with Gasteiger partial charge in [0.2, 0.25) is 0 Å². The second kappa shape index (κ2) is 3.85. The summed E-state index contributed by atoms with van der Waals surface area (Å²) < 4.78 is 5.62. The highest BCUT2D eigenvalue weighted by Crippen LogP contribution is 2.42. The molecule has 0 saturated heterocycles. The van der Waals surface area contributed by atoms with E-state index < -0.39 is 12.1 Å². The van der Waals surface area contributed by atoms with E-state index in [2.05, 4.69) is 0 Å². The molecule has 0 amide bonds. The van der Waals surface area contributed by atoms with Gasteiger partial charge in [0, 0.05) is 11.1 Å². The van der Waals surface area contributed by atoms with Crippen molar-refractivity contribution in [2.75, 3.05) is 0 Å². The summed E-state index contributed by atoms with van der Waals surface area (Å²) in [7, 11) is 0. The van der Waals surface area contributed by atoms with Gasteiger partial charge in [0.15, 0.2) is 0 Å². The van der Waals surface area contributed by atoms with Crippen LogP contribution in [-0.4, -0.2) is 16.2 Å². The fourth-order valence-corrected chi connectivity index (χ4v) is 2.07. The lowest BCUT2D eigenvalue weighted by molar-refractivity contribution is 0.0696. The van der Waals surface area contributed by atoms with Crippen molar-refractivity contribution in [3.8, 4) is 11.5 Å². The first-order valence-corrected chi connectivity index (χ1v) is 5.49. The van der Waals surface area contributed by atoms with Crippen molar-refractivity contribution in [3.63, 3.8) is 0 Å². The standard InChI is InChI=1S/C14H10O4/c15-13-9-3-1-2-4-11(9)18-12-7-8(14(16)17)5-6-10(12)13/h1-7,13,15H,(H,16,17). The van der Waals surface area contributed by atoms with Crippen LogP contribution in [0.5, 0.6) is 11.5 Å². The fraction of sp³-hybridized carbons (Fsp3) is 0.0714. The Balaban J connectivity index is 2.13. The van der Waals surface area contributed by atoms with E-state index in [1.807, 2.05) is 6.07 Å². The molecule has 0 saturated carbocycles. The van der Waals surface area contributed by atoms with Gasteiger partial charge in [0.1, 0.15) is 17.6 Å². The SMILES string of the molecule is O=C(O)c1ccc2c(c1)Oc1ccccc1C2O. The van der Waals surface area contributed by atoms with Crippen molar-refractivity contribution in [2.24, 2.45) is 0 Å². The average molecular weight is 242 g/mol. The van der Waals surface area contributed by atoms with Crippen molar-refractivity contribution in [1.82, 2.24) is 0 Å². The molecule has 18 heavy (non-hydrogen) atoms. The molecule has 90 valence electrons. The third kappa shape index (κ3) is 1.55. The van der Waals surface area contributed by atoms with Gasteiger partial charge < -0.3 is 14.9 Å². The van der Waals surface area contributed by atoms with Crippen LogP contribution in [-0.2, 0) is 0 Å². The minimum absolute atomic E-state index is 0.139. The van der Waals surface area contributed by atoms with E-state index in [1.54, 1.807) is 24.3 Å². The molecular formula is C14H10O4. The van der Waals surface area contributed by atoms with Crippen molar-refractivity contribution >= 4 is 5.97 Å². The van der Waals surface area contributed by atoms with Gasteiger partial charge in [0.05, 0.1) is 5.56 Å². The number of fused-ring (bicyclic) bond motifs is 2. The van der Waals surface area contributed by atoms with Gasteiger partial charge in [-0.1, -0.05) is 24.3 Å². The topological polar surface area (TPSA) is 66.8 Å². The molecule has 2 N–H and O–H groups in total. The zero-order valence-corrected chi connectivity index (χ0v) is 9.33. The number of rotatable bonds is 1. The Labute approximate surface area is 103 Å². The molecule has 0 fully saturated rings. The number of carboxylic acids is 1. The zero-order valence-electron chi connectivity index (χ0n) is 9.33. The maximum absolute atomic E-state index is 10.9. The van der Waals surface area contributed by atoms with Crippen LogP contribution in [0.15, 0.2) is 42.5 Å². The van der Waals surface area contributed by atoms with Gasteiger partial charge in [-0.25, -0.2) is 4.79 Å². The summed E-state index contributed by atoms with van der Waals surface area (Å²) in [5.74, 6) is -0.0733. The Morgan fingerprint density at radius 2 is 1.78 bits per heavy atom. The number of aromatic carboxylic acids is 1. The number of hydrogen-bond donors (Lipinski definition) is 2. The van der Waals surface area contributed by atoms with Gasteiger partial charge in [-0.15, -0.1) is 0 Å². The molecule has 1 aliphatic heterocycles. The molecule has 2 aromatic carbocycles. The number of para-hydroxylation sites is 1. The number of aliphatic hydroxyl groups excluding tert-OH is 1.